The van der Waals surface area contributed by atoms with E-state index in [9.17, 15) is 9.59 Å². The van der Waals surface area contributed by atoms with E-state index in [1.54, 1.807) is 0 Å². The Morgan fingerprint density at radius 1 is 1.32 bits per heavy atom. The highest BCUT2D eigenvalue weighted by molar-refractivity contribution is 7.14. The number of Topliss-reactive ketones (excluding diaryl/α,β-unsaturated/α-hetero) is 1. The van der Waals surface area contributed by atoms with Crippen LogP contribution in [-0.2, 0) is 13.0 Å². The van der Waals surface area contributed by atoms with E-state index in [0.29, 0.717) is 34.6 Å². The van der Waals surface area contributed by atoms with Crippen molar-refractivity contribution >= 4 is 28.2 Å². The molecule has 0 bridgehead atoms. The number of nitrogens with zero attached hydrogens (tertiary/aromatic N) is 2. The maximum Gasteiger partial charge on any atom is 0.274 e. The van der Waals surface area contributed by atoms with Gasteiger partial charge in [-0.1, -0.05) is 13.8 Å². The number of fused-ring (bicyclic) bond motifs is 1. The number of anilines is 1. The number of hydrogen-bond donors (Lipinski definition) is 2. The summed E-state index contributed by atoms with van der Waals surface area (Å²) in [6.07, 6.45) is 3.52. The Bertz CT molecular complexity index is 890. The lowest BCUT2D eigenvalue weighted by Crippen LogP contribution is -2.38. The molecule has 2 N–H and O–H groups in total. The Hall–Kier alpha value is -1.99. The number of carbonyl (C=O) groups excluding carboxylic acids is 2. The van der Waals surface area contributed by atoms with Crippen molar-refractivity contribution in [3.8, 4) is 0 Å². The molecule has 1 aliphatic heterocycles. The van der Waals surface area contributed by atoms with Crippen LogP contribution in [0.15, 0.2) is 5.38 Å². The van der Waals surface area contributed by atoms with Crippen LogP contribution < -0.4 is 5.32 Å². The molecule has 4 rings (SSSR count). The molecular formula is C21H28N4O2S. The van der Waals surface area contributed by atoms with Gasteiger partial charge >= 0.3 is 0 Å². The number of thiazole rings is 1. The molecule has 2 aromatic rings. The number of aryl methyl sites for hydroxylation is 1. The van der Waals surface area contributed by atoms with Gasteiger partial charge in [0.1, 0.15) is 5.69 Å². The lowest BCUT2D eigenvalue weighted by atomic mass is 9.92. The summed E-state index contributed by atoms with van der Waals surface area (Å²) in [4.78, 5) is 35.2. The maximum atomic E-state index is 12.7. The van der Waals surface area contributed by atoms with E-state index in [0.717, 1.165) is 49.4 Å². The molecule has 7 heteroatoms. The molecule has 0 saturated carbocycles. The predicted molar refractivity (Wildman–Crippen MR) is 111 cm³/mol. The van der Waals surface area contributed by atoms with Crippen LogP contribution >= 0.6 is 11.3 Å². The second-order valence-corrected chi connectivity index (χ2v) is 9.35. The zero-order chi connectivity index (χ0) is 19.8. The van der Waals surface area contributed by atoms with Crippen LogP contribution in [0.1, 0.15) is 70.9 Å². The smallest absolute Gasteiger partial charge is 0.274 e. The first kappa shape index (κ1) is 19.3. The van der Waals surface area contributed by atoms with Crippen molar-refractivity contribution in [1.29, 1.82) is 0 Å². The molecule has 0 spiro atoms. The number of nitrogens with one attached hydrogen (secondary N) is 2. The van der Waals surface area contributed by atoms with Crippen molar-refractivity contribution in [3.63, 3.8) is 0 Å². The van der Waals surface area contributed by atoms with Gasteiger partial charge in [0.05, 0.1) is 5.69 Å². The number of hydrogen-bond acceptors (Lipinski definition) is 5. The van der Waals surface area contributed by atoms with Gasteiger partial charge in [0.25, 0.3) is 5.91 Å². The fourth-order valence-electron chi connectivity index (χ4n) is 4.75. The molecule has 6 nitrogen and oxygen atoms in total. The average Bonchev–Trinajstić information content (AvgIpc) is 3.19. The van der Waals surface area contributed by atoms with E-state index in [4.69, 9.17) is 0 Å². The fraction of sp³-hybridized carbons (Fsp3) is 0.571. The highest BCUT2D eigenvalue weighted by Gasteiger charge is 2.27. The third kappa shape index (κ3) is 3.91. The lowest BCUT2D eigenvalue weighted by molar-refractivity contribution is 0.0971. The normalized spacial score (nSPS) is 22.9. The lowest BCUT2D eigenvalue weighted by Gasteiger charge is -2.34. The molecule has 0 radical (unpaired) electrons. The van der Waals surface area contributed by atoms with Gasteiger partial charge in [-0.15, -0.1) is 11.3 Å². The Morgan fingerprint density at radius 2 is 2.07 bits per heavy atom. The molecule has 150 valence electrons. The van der Waals surface area contributed by atoms with E-state index in [1.807, 2.05) is 12.3 Å². The first-order valence-corrected chi connectivity index (χ1v) is 11.0. The highest BCUT2D eigenvalue weighted by atomic mass is 32.1. The molecule has 3 heterocycles. The van der Waals surface area contributed by atoms with Gasteiger partial charge in [0.15, 0.2) is 10.9 Å². The summed E-state index contributed by atoms with van der Waals surface area (Å²) in [5.74, 6) is 1.34. The Kier molecular flexibility index (Phi) is 5.38. The van der Waals surface area contributed by atoms with Crippen molar-refractivity contribution in [2.45, 2.75) is 53.0 Å². The highest BCUT2D eigenvalue weighted by Crippen LogP contribution is 2.28. The van der Waals surface area contributed by atoms with Gasteiger partial charge in [-0.2, -0.15) is 0 Å². The number of H-pyrrole nitrogens is 1. The molecule has 1 saturated heterocycles. The molecule has 2 unspecified atom stereocenters. The molecule has 28 heavy (non-hydrogen) atoms. The van der Waals surface area contributed by atoms with Crippen LogP contribution in [0.3, 0.4) is 0 Å². The van der Waals surface area contributed by atoms with Gasteiger partial charge in [0.2, 0.25) is 0 Å². The second-order valence-electron chi connectivity index (χ2n) is 8.49. The van der Waals surface area contributed by atoms with Crippen molar-refractivity contribution < 1.29 is 9.59 Å². The molecule has 1 aliphatic carbocycles. The number of likely N-dealkylation sites (tertiary alicyclic amines) is 1. The summed E-state index contributed by atoms with van der Waals surface area (Å²) in [7, 11) is 0. The third-order valence-corrected chi connectivity index (χ3v) is 6.57. The van der Waals surface area contributed by atoms with Crippen LogP contribution in [0.4, 0.5) is 5.13 Å². The molecule has 2 aliphatic rings. The number of rotatable bonds is 4. The van der Waals surface area contributed by atoms with Crippen molar-refractivity contribution in [3.05, 3.63) is 33.6 Å². The second kappa shape index (κ2) is 7.79. The van der Waals surface area contributed by atoms with Gasteiger partial charge in [0, 0.05) is 42.7 Å². The monoisotopic (exact) mass is 400 g/mol. The Labute approximate surface area is 169 Å². The number of aromatic amines is 1. The minimum Gasteiger partial charge on any atom is -0.354 e. The van der Waals surface area contributed by atoms with Crippen molar-refractivity contribution in [1.82, 2.24) is 14.9 Å². The summed E-state index contributed by atoms with van der Waals surface area (Å²) < 4.78 is 0. The topological polar surface area (TPSA) is 78.1 Å². The third-order valence-electron chi connectivity index (χ3n) is 5.77. The number of amides is 1. The van der Waals surface area contributed by atoms with Gasteiger partial charge in [-0.25, -0.2) is 4.98 Å². The van der Waals surface area contributed by atoms with Gasteiger partial charge in [-0.3, -0.25) is 19.8 Å². The first-order chi connectivity index (χ1) is 13.4. The zero-order valence-corrected chi connectivity index (χ0v) is 17.6. The maximum absolute atomic E-state index is 12.7. The van der Waals surface area contributed by atoms with Crippen molar-refractivity contribution in [2.24, 2.45) is 11.8 Å². The van der Waals surface area contributed by atoms with Gasteiger partial charge in [-0.05, 0) is 43.6 Å². The largest absolute Gasteiger partial charge is 0.354 e. The summed E-state index contributed by atoms with van der Waals surface area (Å²) in [6.45, 7) is 9.48. The standard InChI is InChI=1S/C21H28N4O2S/c1-12-7-13(2)9-25(8-12)10-15-11-28-21(22-15)24-20(27)19-14(3)18-16(23-19)5-4-6-17(18)26/h11-13,23H,4-10H2,1-3H3,(H,22,24,27). The molecule has 2 atom stereocenters. The Balaban J connectivity index is 1.43. The van der Waals surface area contributed by atoms with Crippen LogP contribution in [-0.4, -0.2) is 39.6 Å². The summed E-state index contributed by atoms with van der Waals surface area (Å²) in [6, 6.07) is 0. The SMILES string of the molecule is Cc1c(C(=O)Nc2nc(CN3CC(C)CC(C)C3)cs2)[nH]c2c1C(=O)CCC2. The summed E-state index contributed by atoms with van der Waals surface area (Å²) >= 11 is 1.45. The molecule has 1 fully saturated rings. The number of ketones is 1. The molecule has 0 aromatic carbocycles. The van der Waals surface area contributed by atoms with E-state index in [2.05, 4.69) is 34.0 Å². The van der Waals surface area contributed by atoms with Crippen LogP contribution in [0.5, 0.6) is 0 Å². The van der Waals surface area contributed by atoms with E-state index < -0.39 is 0 Å². The average molecular weight is 401 g/mol. The van der Waals surface area contributed by atoms with E-state index in [1.165, 1.54) is 17.8 Å². The fourth-order valence-corrected chi connectivity index (χ4v) is 5.44. The van der Waals surface area contributed by atoms with E-state index in [-0.39, 0.29) is 11.7 Å². The summed E-state index contributed by atoms with van der Waals surface area (Å²) in [5, 5.41) is 5.54. The quantitative estimate of drug-likeness (QED) is 0.812. The Morgan fingerprint density at radius 3 is 2.79 bits per heavy atom. The van der Waals surface area contributed by atoms with Crippen LogP contribution in [0.2, 0.25) is 0 Å². The zero-order valence-electron chi connectivity index (χ0n) is 16.8. The number of aromatic nitrogens is 2. The number of carbonyl (C=O) groups is 2. The molecule has 1 amide bonds. The first-order valence-electron chi connectivity index (χ1n) is 10.1. The number of piperidine rings is 1. The van der Waals surface area contributed by atoms with Crippen LogP contribution in [0.25, 0.3) is 0 Å². The minimum absolute atomic E-state index is 0.135. The summed E-state index contributed by atoms with van der Waals surface area (Å²) in [5.41, 5.74) is 3.84. The molecular weight excluding hydrogens is 372 g/mol. The van der Waals surface area contributed by atoms with Crippen LogP contribution in [0, 0.1) is 18.8 Å². The van der Waals surface area contributed by atoms with E-state index >= 15 is 0 Å². The predicted octanol–water partition coefficient (Wildman–Crippen LogP) is 4.03. The van der Waals surface area contributed by atoms with Crippen molar-refractivity contribution in [2.75, 3.05) is 18.4 Å². The minimum atomic E-state index is -0.221. The van der Waals surface area contributed by atoms with Gasteiger partial charge < -0.3 is 4.98 Å². The molecule has 2 aromatic heterocycles.